The first-order valence-electron chi connectivity index (χ1n) is 5.88. The standard InChI is InChI=1S/C13H18N2O2/c1-2-13(17)8-15(9-13)12(16)11-5-3-10(7-14)4-6-11/h3-6,17H,2,7-9,14H2,1H3. The van der Waals surface area contributed by atoms with E-state index >= 15 is 0 Å². The van der Waals surface area contributed by atoms with E-state index in [2.05, 4.69) is 0 Å². The van der Waals surface area contributed by atoms with Gasteiger partial charge in [-0.15, -0.1) is 0 Å². The molecule has 17 heavy (non-hydrogen) atoms. The molecule has 1 amide bonds. The van der Waals surface area contributed by atoms with Crippen molar-refractivity contribution in [3.05, 3.63) is 35.4 Å². The third kappa shape index (κ3) is 2.33. The summed E-state index contributed by atoms with van der Waals surface area (Å²) < 4.78 is 0. The summed E-state index contributed by atoms with van der Waals surface area (Å²) in [4.78, 5) is 13.7. The van der Waals surface area contributed by atoms with Crippen LogP contribution in [0.3, 0.4) is 0 Å². The molecule has 1 aliphatic heterocycles. The van der Waals surface area contributed by atoms with Gasteiger partial charge in [0.15, 0.2) is 0 Å². The second-order valence-electron chi connectivity index (χ2n) is 4.64. The minimum Gasteiger partial charge on any atom is -0.386 e. The van der Waals surface area contributed by atoms with E-state index in [4.69, 9.17) is 5.73 Å². The van der Waals surface area contributed by atoms with Crippen molar-refractivity contribution in [2.75, 3.05) is 13.1 Å². The van der Waals surface area contributed by atoms with Gasteiger partial charge in [-0.1, -0.05) is 19.1 Å². The van der Waals surface area contributed by atoms with Crippen LogP contribution in [0, 0.1) is 0 Å². The average Bonchev–Trinajstić information content (AvgIpc) is 2.34. The van der Waals surface area contributed by atoms with Gasteiger partial charge in [-0.3, -0.25) is 4.79 Å². The molecule has 0 aromatic heterocycles. The summed E-state index contributed by atoms with van der Waals surface area (Å²) in [6, 6.07) is 7.29. The van der Waals surface area contributed by atoms with E-state index < -0.39 is 5.60 Å². The molecular formula is C13H18N2O2. The van der Waals surface area contributed by atoms with Crippen LogP contribution in [-0.2, 0) is 6.54 Å². The molecule has 0 spiro atoms. The van der Waals surface area contributed by atoms with Crippen LogP contribution in [0.2, 0.25) is 0 Å². The molecule has 1 fully saturated rings. The van der Waals surface area contributed by atoms with Crippen molar-refractivity contribution >= 4 is 5.91 Å². The van der Waals surface area contributed by atoms with Gasteiger partial charge in [0.2, 0.25) is 0 Å². The highest BCUT2D eigenvalue weighted by Gasteiger charge is 2.42. The number of benzene rings is 1. The predicted octanol–water partition coefficient (Wildman–Crippen LogP) is 0.742. The fraction of sp³-hybridized carbons (Fsp3) is 0.462. The van der Waals surface area contributed by atoms with E-state index in [0.717, 1.165) is 5.56 Å². The lowest BCUT2D eigenvalue weighted by molar-refractivity contribution is -0.0826. The number of nitrogens with two attached hydrogens (primary N) is 1. The maximum absolute atomic E-state index is 12.0. The van der Waals surface area contributed by atoms with E-state index in [1.807, 2.05) is 19.1 Å². The first-order valence-corrected chi connectivity index (χ1v) is 5.88. The van der Waals surface area contributed by atoms with Crippen molar-refractivity contribution in [3.63, 3.8) is 0 Å². The average molecular weight is 234 g/mol. The monoisotopic (exact) mass is 234 g/mol. The minimum atomic E-state index is -0.674. The molecule has 0 atom stereocenters. The Labute approximate surface area is 101 Å². The molecule has 0 aliphatic carbocycles. The van der Waals surface area contributed by atoms with Crippen LogP contribution in [0.15, 0.2) is 24.3 Å². The molecule has 1 aromatic carbocycles. The Morgan fingerprint density at radius 1 is 1.41 bits per heavy atom. The van der Waals surface area contributed by atoms with Crippen molar-refractivity contribution in [2.45, 2.75) is 25.5 Å². The lowest BCUT2D eigenvalue weighted by Crippen LogP contribution is -2.63. The Morgan fingerprint density at radius 3 is 2.47 bits per heavy atom. The molecule has 0 unspecified atom stereocenters. The molecule has 0 saturated carbocycles. The van der Waals surface area contributed by atoms with Gasteiger partial charge in [-0.05, 0) is 24.1 Å². The SMILES string of the molecule is CCC1(O)CN(C(=O)c2ccc(CN)cc2)C1. The second kappa shape index (κ2) is 4.47. The van der Waals surface area contributed by atoms with Crippen molar-refractivity contribution < 1.29 is 9.90 Å². The number of hydrogen-bond acceptors (Lipinski definition) is 3. The number of aliphatic hydroxyl groups is 1. The van der Waals surface area contributed by atoms with E-state index in [0.29, 0.717) is 31.6 Å². The maximum Gasteiger partial charge on any atom is 0.254 e. The van der Waals surface area contributed by atoms with Crippen LogP contribution < -0.4 is 5.73 Å². The molecule has 0 radical (unpaired) electrons. The number of β-amino-alcohol motifs (C(OH)–C–C–N with tert-alkyl or cyclic N) is 1. The fourth-order valence-corrected chi connectivity index (χ4v) is 2.00. The molecule has 1 aliphatic rings. The Hall–Kier alpha value is -1.39. The number of nitrogens with zero attached hydrogens (tertiary/aromatic N) is 1. The summed E-state index contributed by atoms with van der Waals surface area (Å²) in [6.45, 7) is 3.27. The normalized spacial score (nSPS) is 17.7. The van der Waals surface area contributed by atoms with Gasteiger partial charge >= 0.3 is 0 Å². The van der Waals surface area contributed by atoms with Gasteiger partial charge in [-0.25, -0.2) is 0 Å². The molecule has 1 saturated heterocycles. The Kier molecular flexibility index (Phi) is 3.17. The third-order valence-electron chi connectivity index (χ3n) is 3.35. The highest BCUT2D eigenvalue weighted by Crippen LogP contribution is 2.25. The number of carbonyl (C=O) groups excluding carboxylic acids is 1. The summed E-state index contributed by atoms with van der Waals surface area (Å²) in [5, 5.41) is 9.86. The van der Waals surface area contributed by atoms with Gasteiger partial charge in [0.1, 0.15) is 0 Å². The largest absolute Gasteiger partial charge is 0.386 e. The number of likely N-dealkylation sites (tertiary alicyclic amines) is 1. The molecule has 92 valence electrons. The van der Waals surface area contributed by atoms with E-state index in [-0.39, 0.29) is 5.91 Å². The Bertz CT molecular complexity index is 408. The number of hydrogen-bond donors (Lipinski definition) is 2. The first kappa shape index (κ1) is 12.1. The van der Waals surface area contributed by atoms with Crippen molar-refractivity contribution in [2.24, 2.45) is 5.73 Å². The molecule has 0 bridgehead atoms. The van der Waals surface area contributed by atoms with Gasteiger partial charge in [0.05, 0.1) is 18.7 Å². The van der Waals surface area contributed by atoms with Gasteiger partial charge in [0, 0.05) is 12.1 Å². The van der Waals surface area contributed by atoms with Crippen molar-refractivity contribution in [3.8, 4) is 0 Å². The van der Waals surface area contributed by atoms with Crippen molar-refractivity contribution in [1.82, 2.24) is 4.90 Å². The topological polar surface area (TPSA) is 66.6 Å². The highest BCUT2D eigenvalue weighted by molar-refractivity contribution is 5.95. The maximum atomic E-state index is 12.0. The van der Waals surface area contributed by atoms with Gasteiger partial charge < -0.3 is 15.7 Å². The Balaban J connectivity index is 2.01. The van der Waals surface area contributed by atoms with E-state index in [1.165, 1.54) is 0 Å². The van der Waals surface area contributed by atoms with E-state index in [9.17, 15) is 9.90 Å². The smallest absolute Gasteiger partial charge is 0.254 e. The zero-order chi connectivity index (χ0) is 12.5. The van der Waals surface area contributed by atoms with Gasteiger partial charge in [-0.2, -0.15) is 0 Å². The number of amides is 1. The van der Waals surface area contributed by atoms with Crippen LogP contribution in [0.4, 0.5) is 0 Å². The highest BCUT2D eigenvalue weighted by atomic mass is 16.3. The van der Waals surface area contributed by atoms with Crippen LogP contribution in [0.5, 0.6) is 0 Å². The molecule has 2 rings (SSSR count). The second-order valence-corrected chi connectivity index (χ2v) is 4.64. The van der Waals surface area contributed by atoms with Crippen LogP contribution in [-0.4, -0.2) is 34.6 Å². The lowest BCUT2D eigenvalue weighted by atomic mass is 9.90. The molecular weight excluding hydrogens is 216 g/mol. The Morgan fingerprint density at radius 2 is 2.00 bits per heavy atom. The molecule has 1 aromatic rings. The third-order valence-corrected chi connectivity index (χ3v) is 3.35. The summed E-state index contributed by atoms with van der Waals surface area (Å²) in [5.41, 5.74) is 6.49. The van der Waals surface area contributed by atoms with Gasteiger partial charge in [0.25, 0.3) is 5.91 Å². The molecule has 1 heterocycles. The summed E-state index contributed by atoms with van der Waals surface area (Å²) >= 11 is 0. The molecule has 4 nitrogen and oxygen atoms in total. The summed E-state index contributed by atoms with van der Waals surface area (Å²) in [6.07, 6.45) is 0.683. The summed E-state index contributed by atoms with van der Waals surface area (Å²) in [5.74, 6) is -0.0216. The summed E-state index contributed by atoms with van der Waals surface area (Å²) in [7, 11) is 0. The molecule has 4 heteroatoms. The number of rotatable bonds is 3. The predicted molar refractivity (Wildman–Crippen MR) is 65.5 cm³/mol. The minimum absolute atomic E-state index is 0.0216. The number of carbonyl (C=O) groups is 1. The van der Waals surface area contributed by atoms with Crippen LogP contribution in [0.25, 0.3) is 0 Å². The van der Waals surface area contributed by atoms with Crippen molar-refractivity contribution in [1.29, 1.82) is 0 Å². The zero-order valence-corrected chi connectivity index (χ0v) is 10.0. The quantitative estimate of drug-likeness (QED) is 0.810. The lowest BCUT2D eigenvalue weighted by Gasteiger charge is -2.46. The van der Waals surface area contributed by atoms with Crippen LogP contribution >= 0.6 is 0 Å². The zero-order valence-electron chi connectivity index (χ0n) is 10.0. The molecule has 3 N–H and O–H groups in total. The van der Waals surface area contributed by atoms with E-state index in [1.54, 1.807) is 17.0 Å². The fourth-order valence-electron chi connectivity index (χ4n) is 2.00. The first-order chi connectivity index (χ1) is 8.08. The van der Waals surface area contributed by atoms with Crippen LogP contribution in [0.1, 0.15) is 29.3 Å².